The van der Waals surface area contributed by atoms with Crippen LogP contribution in [0.4, 0.5) is 0 Å². The minimum absolute atomic E-state index is 0.131. The lowest BCUT2D eigenvalue weighted by Gasteiger charge is -2.20. The average Bonchev–Trinajstić information content (AvgIpc) is 2.71. The van der Waals surface area contributed by atoms with Gasteiger partial charge in [0.2, 0.25) is 0 Å². The number of nitrogens with one attached hydrogen (secondary N) is 2. The molecule has 0 saturated carbocycles. The van der Waals surface area contributed by atoms with E-state index in [0.29, 0.717) is 10.6 Å². The zero-order chi connectivity index (χ0) is 23.1. The van der Waals surface area contributed by atoms with Gasteiger partial charge < -0.3 is 10.1 Å². The summed E-state index contributed by atoms with van der Waals surface area (Å²) in [5.41, 5.74) is 5.87. The van der Waals surface area contributed by atoms with Crippen molar-refractivity contribution in [1.82, 2.24) is 10.7 Å². The topological polar surface area (TPSA) is 79.8 Å². The highest BCUT2D eigenvalue weighted by Crippen LogP contribution is 2.29. The Bertz CT molecular complexity index is 971. The predicted molar refractivity (Wildman–Crippen MR) is 125 cm³/mol. The van der Waals surface area contributed by atoms with Crippen LogP contribution in [0.1, 0.15) is 60.7 Å². The minimum atomic E-state index is -0.744. The van der Waals surface area contributed by atoms with Crippen LogP contribution in [0.25, 0.3) is 0 Å². The molecule has 0 saturated heterocycles. The van der Waals surface area contributed by atoms with Crippen LogP contribution in [0.5, 0.6) is 5.75 Å². The molecule has 0 aliphatic rings. The highest BCUT2D eigenvalue weighted by Gasteiger charge is 2.24. The van der Waals surface area contributed by atoms with E-state index in [2.05, 4.69) is 29.7 Å². The zero-order valence-corrected chi connectivity index (χ0v) is 19.6. The summed E-state index contributed by atoms with van der Waals surface area (Å²) in [6.07, 6.45) is 1.61. The molecule has 0 spiro atoms. The van der Waals surface area contributed by atoms with Crippen LogP contribution in [-0.4, -0.2) is 31.2 Å². The Morgan fingerprint density at radius 3 is 2.42 bits per heavy atom. The normalized spacial score (nSPS) is 12.3. The number of carbonyl (C=O) groups is 2. The molecule has 0 radical (unpaired) electrons. The van der Waals surface area contributed by atoms with Gasteiger partial charge in [0.25, 0.3) is 11.8 Å². The lowest BCUT2D eigenvalue weighted by Crippen LogP contribution is -2.48. The summed E-state index contributed by atoms with van der Waals surface area (Å²) in [4.78, 5) is 25.2. The standard InChI is InChI=1S/C24H30ClN3O3/c1-14(2)20-12-18(16(5)10-21(20)31-6)13-26-28-24(30)22(15(3)4)27-23(29)17-8-7-9-19(25)11-17/h7-15,22H,1-6H3,(H,27,29)(H,28,30). The molecule has 6 nitrogen and oxygen atoms in total. The van der Waals surface area contributed by atoms with Crippen molar-refractivity contribution in [1.29, 1.82) is 0 Å². The lowest BCUT2D eigenvalue weighted by molar-refractivity contribution is -0.123. The Balaban J connectivity index is 2.12. The molecule has 2 aromatic carbocycles. The van der Waals surface area contributed by atoms with E-state index in [-0.39, 0.29) is 17.7 Å². The quantitative estimate of drug-likeness (QED) is 0.459. The summed E-state index contributed by atoms with van der Waals surface area (Å²) in [5, 5.41) is 7.33. The molecule has 0 bridgehead atoms. The third-order valence-electron chi connectivity index (χ3n) is 4.94. The highest BCUT2D eigenvalue weighted by molar-refractivity contribution is 6.31. The van der Waals surface area contributed by atoms with Gasteiger partial charge in [-0.05, 0) is 65.8 Å². The van der Waals surface area contributed by atoms with Crippen LogP contribution in [0.3, 0.4) is 0 Å². The van der Waals surface area contributed by atoms with Crippen molar-refractivity contribution in [2.45, 2.75) is 46.6 Å². The summed E-state index contributed by atoms with van der Waals surface area (Å²) < 4.78 is 5.46. The number of benzene rings is 2. The number of ether oxygens (including phenoxy) is 1. The first-order chi connectivity index (χ1) is 14.6. The van der Waals surface area contributed by atoms with E-state index in [1.165, 1.54) is 0 Å². The summed E-state index contributed by atoms with van der Waals surface area (Å²) >= 11 is 5.95. The summed E-state index contributed by atoms with van der Waals surface area (Å²) in [6, 6.07) is 9.80. The number of nitrogens with zero attached hydrogens (tertiary/aromatic N) is 1. The van der Waals surface area contributed by atoms with Crippen LogP contribution in [0.15, 0.2) is 41.5 Å². The second-order valence-electron chi connectivity index (χ2n) is 8.05. The smallest absolute Gasteiger partial charge is 0.262 e. The van der Waals surface area contributed by atoms with Crippen LogP contribution in [-0.2, 0) is 4.79 Å². The highest BCUT2D eigenvalue weighted by atomic mass is 35.5. The summed E-state index contributed by atoms with van der Waals surface area (Å²) in [7, 11) is 1.65. The Labute approximate surface area is 189 Å². The molecule has 0 aliphatic heterocycles. The monoisotopic (exact) mass is 443 g/mol. The molecule has 7 heteroatoms. The number of carbonyl (C=O) groups excluding carboxylic acids is 2. The maximum Gasteiger partial charge on any atom is 0.262 e. The summed E-state index contributed by atoms with van der Waals surface area (Å²) in [5.74, 6) is 0.222. The van der Waals surface area contributed by atoms with Gasteiger partial charge in [-0.2, -0.15) is 5.10 Å². The maximum atomic E-state index is 12.7. The molecule has 2 amide bonds. The van der Waals surface area contributed by atoms with Gasteiger partial charge in [0.1, 0.15) is 11.8 Å². The molecule has 166 valence electrons. The molecule has 31 heavy (non-hydrogen) atoms. The van der Waals surface area contributed by atoms with Crippen molar-refractivity contribution in [3.63, 3.8) is 0 Å². The van der Waals surface area contributed by atoms with Gasteiger partial charge in [0.15, 0.2) is 0 Å². The van der Waals surface area contributed by atoms with E-state index in [1.807, 2.05) is 32.9 Å². The number of hydrogen-bond acceptors (Lipinski definition) is 4. The second kappa shape index (κ2) is 11.0. The predicted octanol–water partition coefficient (Wildman–Crippen LogP) is 4.69. The third-order valence-corrected chi connectivity index (χ3v) is 5.18. The van der Waals surface area contributed by atoms with Crippen molar-refractivity contribution >= 4 is 29.6 Å². The van der Waals surface area contributed by atoms with Crippen LogP contribution in [0.2, 0.25) is 5.02 Å². The average molecular weight is 444 g/mol. The van der Waals surface area contributed by atoms with Crippen molar-refractivity contribution in [3.05, 3.63) is 63.7 Å². The molecule has 0 aliphatic carbocycles. The van der Waals surface area contributed by atoms with E-state index in [4.69, 9.17) is 16.3 Å². The molecule has 0 heterocycles. The fourth-order valence-corrected chi connectivity index (χ4v) is 3.30. The van der Waals surface area contributed by atoms with Gasteiger partial charge in [-0.25, -0.2) is 5.43 Å². The molecule has 0 aromatic heterocycles. The fraction of sp³-hybridized carbons (Fsp3) is 0.375. The molecule has 2 aromatic rings. The van der Waals surface area contributed by atoms with Gasteiger partial charge in [0.05, 0.1) is 13.3 Å². The van der Waals surface area contributed by atoms with Gasteiger partial charge in [-0.3, -0.25) is 9.59 Å². The molecular formula is C24H30ClN3O3. The number of hydrogen-bond donors (Lipinski definition) is 2. The third kappa shape index (κ3) is 6.56. The van der Waals surface area contributed by atoms with E-state index >= 15 is 0 Å². The van der Waals surface area contributed by atoms with Crippen LogP contribution < -0.4 is 15.5 Å². The molecule has 0 fully saturated rings. The van der Waals surface area contributed by atoms with E-state index in [0.717, 1.165) is 22.4 Å². The number of rotatable bonds is 8. The van der Waals surface area contributed by atoms with Gasteiger partial charge in [0, 0.05) is 10.6 Å². The number of amides is 2. The molecule has 1 unspecified atom stereocenters. The van der Waals surface area contributed by atoms with E-state index in [1.54, 1.807) is 37.6 Å². The molecule has 1 atom stereocenters. The number of methoxy groups -OCH3 is 1. The SMILES string of the molecule is COc1cc(C)c(C=NNC(=O)C(NC(=O)c2cccc(Cl)c2)C(C)C)cc1C(C)C. The molecular weight excluding hydrogens is 414 g/mol. The van der Waals surface area contributed by atoms with Crippen molar-refractivity contribution in [3.8, 4) is 5.75 Å². The van der Waals surface area contributed by atoms with Crippen molar-refractivity contribution in [2.24, 2.45) is 11.0 Å². The first-order valence-corrected chi connectivity index (χ1v) is 10.6. The molecule has 2 N–H and O–H groups in total. The van der Waals surface area contributed by atoms with Gasteiger partial charge in [-0.15, -0.1) is 0 Å². The first kappa shape index (κ1) is 24.4. The Morgan fingerprint density at radius 1 is 1.13 bits per heavy atom. The van der Waals surface area contributed by atoms with E-state index in [9.17, 15) is 9.59 Å². The lowest BCUT2D eigenvalue weighted by atomic mass is 9.97. The fourth-order valence-electron chi connectivity index (χ4n) is 3.11. The van der Waals surface area contributed by atoms with Crippen LogP contribution >= 0.6 is 11.6 Å². The zero-order valence-electron chi connectivity index (χ0n) is 18.8. The van der Waals surface area contributed by atoms with Crippen molar-refractivity contribution in [2.75, 3.05) is 7.11 Å². The Kier molecular flexibility index (Phi) is 8.63. The molecule has 2 rings (SSSR count). The van der Waals surface area contributed by atoms with Gasteiger partial charge >= 0.3 is 0 Å². The van der Waals surface area contributed by atoms with Crippen molar-refractivity contribution < 1.29 is 14.3 Å². The maximum absolute atomic E-state index is 12.7. The largest absolute Gasteiger partial charge is 0.496 e. The summed E-state index contributed by atoms with van der Waals surface area (Å²) in [6.45, 7) is 9.85. The first-order valence-electron chi connectivity index (χ1n) is 10.2. The van der Waals surface area contributed by atoms with Gasteiger partial charge in [-0.1, -0.05) is 45.4 Å². The number of hydrazone groups is 1. The Morgan fingerprint density at radius 2 is 1.84 bits per heavy atom. The Hall–Kier alpha value is -2.86. The second-order valence-corrected chi connectivity index (χ2v) is 8.48. The van der Waals surface area contributed by atoms with Crippen LogP contribution in [0, 0.1) is 12.8 Å². The number of halogens is 1. The number of aryl methyl sites for hydroxylation is 1. The van der Waals surface area contributed by atoms with E-state index < -0.39 is 11.9 Å². The minimum Gasteiger partial charge on any atom is -0.496 e.